The van der Waals surface area contributed by atoms with E-state index < -0.39 is 5.92 Å². The van der Waals surface area contributed by atoms with E-state index in [4.69, 9.17) is 0 Å². The minimum atomic E-state index is -0.636. The molecule has 2 fully saturated rings. The Morgan fingerprint density at radius 1 is 0.500 bits per heavy atom. The number of ketones is 1. The van der Waals surface area contributed by atoms with Crippen molar-refractivity contribution in [2.75, 3.05) is 18.0 Å². The first-order chi connectivity index (χ1) is 32.7. The van der Waals surface area contributed by atoms with Crippen LogP contribution in [0.15, 0.2) is 115 Å². The van der Waals surface area contributed by atoms with Crippen LogP contribution in [0, 0.1) is 23.7 Å². The lowest BCUT2D eigenvalue weighted by Crippen LogP contribution is -2.41. The van der Waals surface area contributed by atoms with Gasteiger partial charge in [0.15, 0.2) is 5.78 Å². The number of nitrogens with zero attached hydrogens (tertiary/aromatic N) is 2. The van der Waals surface area contributed by atoms with Crippen LogP contribution in [0.5, 0.6) is 0 Å². The molecular weight excluding hydrogens is 805 g/mol. The molecule has 3 aromatic carbocycles. The molecule has 0 aromatic heterocycles. The average molecular weight is 891 g/mol. The largest absolute Gasteiger partial charge is 0.874 e. The number of hydrogen-bond acceptors (Lipinski definition) is 3. The molecule has 3 aromatic rings. The first-order valence-corrected chi connectivity index (χ1v) is 27.6. The van der Waals surface area contributed by atoms with Gasteiger partial charge in [-0.3, -0.25) is 4.79 Å². The molecule has 1 unspecified atom stereocenters. The summed E-state index contributed by atoms with van der Waals surface area (Å²) in [6.45, 7) is 1.90. The van der Waals surface area contributed by atoms with Crippen LogP contribution in [0.3, 0.4) is 0 Å². The maximum atomic E-state index is 13.7. The Labute approximate surface area is 401 Å². The van der Waals surface area contributed by atoms with Gasteiger partial charge in [-0.15, -0.1) is 5.76 Å². The summed E-state index contributed by atoms with van der Waals surface area (Å²) in [5, 5.41) is 13.7. The number of allylic oxidation sites excluding steroid dienone is 6. The summed E-state index contributed by atoms with van der Waals surface area (Å²) < 4.78 is 2.40. The van der Waals surface area contributed by atoms with Crippen LogP contribution in [-0.4, -0.2) is 29.2 Å². The van der Waals surface area contributed by atoms with Crippen LogP contribution < -0.4 is 10.0 Å². The first kappa shape index (κ1) is 49.7. The molecule has 7 rings (SSSR count). The molecule has 4 aliphatic carbocycles. The lowest BCUT2D eigenvalue weighted by atomic mass is 9.71. The van der Waals surface area contributed by atoms with Crippen molar-refractivity contribution >= 4 is 34.1 Å². The number of benzene rings is 3. The van der Waals surface area contributed by atoms with Crippen molar-refractivity contribution < 1.29 is 14.5 Å². The predicted octanol–water partition coefficient (Wildman–Crippen LogP) is 16.6. The molecule has 356 valence electrons. The minimum absolute atomic E-state index is 0.0331. The summed E-state index contributed by atoms with van der Waals surface area (Å²) in [7, 11) is 0. The molecule has 0 heterocycles. The van der Waals surface area contributed by atoms with Gasteiger partial charge < -0.3 is 10.0 Å². The van der Waals surface area contributed by atoms with Crippen molar-refractivity contribution in [2.24, 2.45) is 23.7 Å². The van der Waals surface area contributed by atoms with Gasteiger partial charge in [-0.05, 0) is 54.5 Å². The van der Waals surface area contributed by atoms with E-state index in [1.165, 1.54) is 191 Å². The highest BCUT2D eigenvalue weighted by Gasteiger charge is 2.38. The van der Waals surface area contributed by atoms with Crippen LogP contribution in [0.4, 0.5) is 17.1 Å². The fraction of sp³-hybridized carbons (Fsp3) is 0.581. The number of para-hydroxylation sites is 2. The molecule has 2 saturated carbocycles. The zero-order valence-corrected chi connectivity index (χ0v) is 41.0. The Balaban J connectivity index is 0.843. The summed E-state index contributed by atoms with van der Waals surface area (Å²) >= 11 is 0. The van der Waals surface area contributed by atoms with Crippen LogP contribution in [-0.2, 0) is 4.79 Å². The van der Waals surface area contributed by atoms with Gasteiger partial charge in [0.05, 0.1) is 0 Å². The van der Waals surface area contributed by atoms with Crippen molar-refractivity contribution in [2.45, 2.75) is 193 Å². The second-order valence-corrected chi connectivity index (χ2v) is 20.8. The van der Waals surface area contributed by atoms with E-state index in [2.05, 4.69) is 107 Å². The molecule has 4 nitrogen and oxygen atoms in total. The molecule has 0 saturated heterocycles. The third kappa shape index (κ3) is 15.4. The van der Waals surface area contributed by atoms with Crippen LogP contribution >= 0.6 is 0 Å². The highest BCUT2D eigenvalue weighted by molar-refractivity contribution is 6.29. The molecule has 0 bridgehead atoms. The number of carbonyl (C=O) groups is 1. The smallest absolute Gasteiger partial charge is 0.205 e. The van der Waals surface area contributed by atoms with Gasteiger partial charge in [-0.1, -0.05) is 234 Å². The second-order valence-electron chi connectivity index (χ2n) is 20.8. The number of rotatable bonds is 29. The van der Waals surface area contributed by atoms with Crippen molar-refractivity contribution in [3.05, 3.63) is 121 Å². The van der Waals surface area contributed by atoms with Crippen molar-refractivity contribution in [1.29, 1.82) is 0 Å². The van der Waals surface area contributed by atoms with Gasteiger partial charge in [0.25, 0.3) is 0 Å². The average Bonchev–Trinajstić information content (AvgIpc) is 3.36. The Morgan fingerprint density at radius 3 is 1.47 bits per heavy atom. The molecule has 0 aliphatic heterocycles. The minimum Gasteiger partial charge on any atom is -0.874 e. The lowest BCUT2D eigenvalue weighted by molar-refractivity contribution is -0.439. The van der Waals surface area contributed by atoms with Crippen molar-refractivity contribution in [3.63, 3.8) is 0 Å². The number of unbranched alkanes of at least 4 members (excludes halogenated alkanes) is 16. The standard InChI is InChI=1S/C62H86N2O2/c65-61-59(53-41-45-57(46-42-53)63(55-37-25-17-26-38-55)49-29-13-9-5-1-3-7-11-19-31-51-33-21-15-22-34-51)62(66)60(61)54-43-47-58(48-44-54)64(56-39-27-18-28-40-56)50-30-14-10-6-2-4-8-12-20-32-52-35-23-16-24-36-52/h17-18,25-28,37-48,51-53,59H,1-16,19-24,29-36,49-50H2. The summed E-state index contributed by atoms with van der Waals surface area (Å²) in [6.07, 6.45) is 50.2. The normalized spacial score (nSPS) is 19.1. The fourth-order valence-electron chi connectivity index (χ4n) is 11.7. The number of anilines is 2. The van der Waals surface area contributed by atoms with Crippen LogP contribution in [0.1, 0.15) is 198 Å². The second kappa shape index (κ2) is 28.2. The molecule has 0 amide bonds. The van der Waals surface area contributed by atoms with E-state index >= 15 is 0 Å². The maximum absolute atomic E-state index is 13.7. The van der Waals surface area contributed by atoms with Gasteiger partial charge in [0.2, 0.25) is 11.4 Å². The topological polar surface area (TPSA) is 46.4 Å². The summed E-state index contributed by atoms with van der Waals surface area (Å²) in [4.78, 5) is 16.1. The SMILES string of the molecule is O=C1C(c2ccc(N(CCCCCCCCCCCC3CCCCC3)c3ccccc3)cc2)=C([O-])C1C1C=CC(=[N+](CCCCCCCCCCCC2CCCCC2)c2ccccc2)C=C1. The van der Waals surface area contributed by atoms with Gasteiger partial charge in [-0.2, -0.15) is 4.58 Å². The number of Topliss-reactive ketones (excluding diaryl/α,β-unsaturated/α-hetero) is 1. The van der Waals surface area contributed by atoms with Gasteiger partial charge in [-0.25, -0.2) is 0 Å². The molecule has 4 heteroatoms. The quantitative estimate of drug-likeness (QED) is 0.0515. The molecule has 0 radical (unpaired) electrons. The Hall–Kier alpha value is -4.18. The van der Waals surface area contributed by atoms with Gasteiger partial charge >= 0.3 is 0 Å². The zero-order chi connectivity index (χ0) is 45.4. The predicted molar refractivity (Wildman–Crippen MR) is 279 cm³/mol. The summed E-state index contributed by atoms with van der Waals surface area (Å²) in [5.41, 5.74) is 5.69. The third-order valence-electron chi connectivity index (χ3n) is 15.8. The van der Waals surface area contributed by atoms with Crippen LogP contribution in [0.25, 0.3) is 5.57 Å². The summed E-state index contributed by atoms with van der Waals surface area (Å²) in [6, 6.07) is 29.4. The Morgan fingerprint density at radius 2 is 0.955 bits per heavy atom. The monoisotopic (exact) mass is 891 g/mol. The molecule has 0 spiro atoms. The van der Waals surface area contributed by atoms with E-state index in [0.717, 1.165) is 54.7 Å². The van der Waals surface area contributed by atoms with E-state index in [-0.39, 0.29) is 17.5 Å². The third-order valence-corrected chi connectivity index (χ3v) is 15.8. The first-order valence-electron chi connectivity index (χ1n) is 27.6. The van der Waals surface area contributed by atoms with E-state index in [0.29, 0.717) is 5.57 Å². The van der Waals surface area contributed by atoms with Gasteiger partial charge in [0, 0.05) is 66.0 Å². The number of hydrogen-bond donors (Lipinski definition) is 0. The molecule has 66 heavy (non-hydrogen) atoms. The zero-order valence-electron chi connectivity index (χ0n) is 41.0. The molecular formula is C62H86N2O2. The van der Waals surface area contributed by atoms with E-state index in [1.807, 2.05) is 12.1 Å². The Bertz CT molecular complexity index is 1950. The highest BCUT2D eigenvalue weighted by atomic mass is 16.3. The Kier molecular flexibility index (Phi) is 21.3. The van der Waals surface area contributed by atoms with Crippen molar-refractivity contribution in [3.8, 4) is 0 Å². The molecule has 1 atom stereocenters. The van der Waals surface area contributed by atoms with Crippen molar-refractivity contribution in [1.82, 2.24) is 0 Å². The molecule has 0 N–H and O–H groups in total. The fourth-order valence-corrected chi connectivity index (χ4v) is 11.7. The number of carbonyl (C=O) groups excluding carboxylic acids is 1. The molecule has 4 aliphatic rings. The summed E-state index contributed by atoms with van der Waals surface area (Å²) in [5.74, 6) is 1.14. The van der Waals surface area contributed by atoms with Gasteiger partial charge in [0.1, 0.15) is 6.54 Å². The van der Waals surface area contributed by atoms with Crippen LogP contribution in [0.2, 0.25) is 0 Å². The maximum Gasteiger partial charge on any atom is 0.205 e. The van der Waals surface area contributed by atoms with E-state index in [1.54, 1.807) is 0 Å². The van der Waals surface area contributed by atoms with E-state index in [9.17, 15) is 9.90 Å². The highest BCUT2D eigenvalue weighted by Crippen LogP contribution is 2.42. The lowest BCUT2D eigenvalue weighted by Gasteiger charge is -2.40.